The van der Waals surface area contributed by atoms with Gasteiger partial charge in [-0.05, 0) is 48.2 Å². The van der Waals surface area contributed by atoms with Gasteiger partial charge in [0.2, 0.25) is 0 Å². The lowest BCUT2D eigenvalue weighted by molar-refractivity contribution is -0.151. The van der Waals surface area contributed by atoms with Gasteiger partial charge in [-0.25, -0.2) is 0 Å². The van der Waals surface area contributed by atoms with Crippen molar-refractivity contribution >= 4 is 5.97 Å². The van der Waals surface area contributed by atoms with E-state index < -0.39 is 5.41 Å². The molecule has 0 unspecified atom stereocenters. The number of carbonyl (C=O) groups excluding carboxylic acids is 1. The number of carbonyl (C=O) groups is 1. The summed E-state index contributed by atoms with van der Waals surface area (Å²) in [6, 6.07) is 12.2. The van der Waals surface area contributed by atoms with Crippen molar-refractivity contribution in [1.29, 1.82) is 0 Å². The van der Waals surface area contributed by atoms with Gasteiger partial charge in [-0.15, -0.1) is 0 Å². The number of pyridine rings is 1. The van der Waals surface area contributed by atoms with E-state index in [2.05, 4.69) is 22.4 Å². The number of nitrogens with one attached hydrogen (secondary N) is 1. The van der Waals surface area contributed by atoms with Gasteiger partial charge in [-0.3, -0.25) is 9.78 Å². The third-order valence-electron chi connectivity index (χ3n) is 4.40. The first-order valence-electron chi connectivity index (χ1n) is 7.53. The predicted molar refractivity (Wildman–Crippen MR) is 85.3 cm³/mol. The smallest absolute Gasteiger partial charge is 0.313 e. The molecule has 0 spiro atoms. The molecule has 4 nitrogen and oxygen atoms in total. The molecule has 0 bridgehead atoms. The quantitative estimate of drug-likeness (QED) is 0.881. The summed E-state index contributed by atoms with van der Waals surface area (Å²) in [5.74, 6) is -0.123. The zero-order valence-electron chi connectivity index (χ0n) is 12.7. The molecule has 1 fully saturated rings. The second-order valence-corrected chi connectivity index (χ2v) is 5.77. The molecule has 0 saturated carbocycles. The molecular weight excluding hydrogens is 276 g/mol. The Labute approximate surface area is 130 Å². The van der Waals surface area contributed by atoms with Gasteiger partial charge in [-0.2, -0.15) is 0 Å². The maximum absolute atomic E-state index is 12.3. The average Bonchev–Trinajstić information content (AvgIpc) is 3.05. The molecule has 1 aliphatic rings. The minimum Gasteiger partial charge on any atom is -0.469 e. The van der Waals surface area contributed by atoms with Crippen LogP contribution in [0.4, 0.5) is 0 Å². The monoisotopic (exact) mass is 296 g/mol. The highest BCUT2D eigenvalue weighted by molar-refractivity contribution is 5.79. The Kier molecular flexibility index (Phi) is 4.20. The van der Waals surface area contributed by atoms with Crippen LogP contribution in [0.25, 0.3) is 11.1 Å². The summed E-state index contributed by atoms with van der Waals surface area (Å²) < 4.78 is 5.07. The van der Waals surface area contributed by atoms with Crippen LogP contribution >= 0.6 is 0 Å². The highest BCUT2D eigenvalue weighted by Crippen LogP contribution is 2.35. The van der Waals surface area contributed by atoms with Crippen LogP contribution in [-0.4, -0.2) is 31.2 Å². The summed E-state index contributed by atoms with van der Waals surface area (Å²) in [5, 5.41) is 3.30. The largest absolute Gasteiger partial charge is 0.469 e. The van der Waals surface area contributed by atoms with E-state index in [9.17, 15) is 4.79 Å². The predicted octanol–water partition coefficient (Wildman–Crippen LogP) is 2.44. The van der Waals surface area contributed by atoms with Gasteiger partial charge in [0.25, 0.3) is 0 Å². The first-order valence-corrected chi connectivity index (χ1v) is 7.53. The Morgan fingerprint density at radius 1 is 1.27 bits per heavy atom. The Bertz CT molecular complexity index is 649. The summed E-state index contributed by atoms with van der Waals surface area (Å²) in [7, 11) is 1.47. The van der Waals surface area contributed by atoms with E-state index in [1.165, 1.54) is 12.7 Å². The average molecular weight is 296 g/mol. The fourth-order valence-electron chi connectivity index (χ4n) is 3.21. The number of hydrogen-bond donors (Lipinski definition) is 1. The summed E-state index contributed by atoms with van der Waals surface area (Å²) in [6.07, 6.45) is 5.08. The van der Waals surface area contributed by atoms with E-state index in [0.29, 0.717) is 13.0 Å². The lowest BCUT2D eigenvalue weighted by Crippen LogP contribution is -2.36. The minimum absolute atomic E-state index is 0.123. The van der Waals surface area contributed by atoms with Crippen molar-refractivity contribution < 1.29 is 9.53 Å². The Hall–Kier alpha value is -2.20. The molecule has 1 aliphatic heterocycles. The zero-order valence-corrected chi connectivity index (χ0v) is 12.7. The highest BCUT2D eigenvalue weighted by atomic mass is 16.5. The van der Waals surface area contributed by atoms with E-state index in [0.717, 1.165) is 24.1 Å². The molecule has 1 saturated heterocycles. The molecule has 2 heterocycles. The minimum atomic E-state index is -0.460. The molecule has 0 aliphatic carbocycles. The topological polar surface area (TPSA) is 51.2 Å². The number of nitrogens with zero attached hydrogens (tertiary/aromatic N) is 1. The van der Waals surface area contributed by atoms with Crippen LogP contribution in [0.5, 0.6) is 0 Å². The molecular formula is C18H20N2O2. The fraction of sp³-hybridized carbons (Fsp3) is 0.333. The maximum Gasteiger partial charge on any atom is 0.313 e. The van der Waals surface area contributed by atoms with Gasteiger partial charge in [-0.1, -0.05) is 24.3 Å². The van der Waals surface area contributed by atoms with Crippen LogP contribution in [0, 0.1) is 5.41 Å². The molecule has 1 aromatic heterocycles. The maximum atomic E-state index is 12.3. The number of ether oxygens (including phenoxy) is 1. The Morgan fingerprint density at radius 2 is 2.05 bits per heavy atom. The third kappa shape index (κ3) is 2.74. The molecule has 1 N–H and O–H groups in total. The summed E-state index contributed by atoms with van der Waals surface area (Å²) in [6.45, 7) is 1.52. The van der Waals surface area contributed by atoms with Crippen molar-refractivity contribution in [3.05, 3.63) is 54.4 Å². The van der Waals surface area contributed by atoms with Gasteiger partial charge in [0.15, 0.2) is 0 Å². The van der Waals surface area contributed by atoms with Gasteiger partial charge in [0, 0.05) is 18.9 Å². The SMILES string of the molecule is COC(=O)[C@@]1(Cc2ccccc2-c2ccncc2)CCNC1. The standard InChI is InChI=1S/C18H20N2O2/c1-22-17(21)18(8-11-20-13-18)12-15-4-2-3-5-16(15)14-6-9-19-10-7-14/h2-7,9-10,20H,8,11-13H2,1H3/t18-/m1/s1. The van der Waals surface area contributed by atoms with E-state index in [1.807, 2.05) is 24.3 Å². The lowest BCUT2D eigenvalue weighted by atomic mass is 9.79. The molecule has 114 valence electrons. The first kappa shape index (κ1) is 14.7. The summed E-state index contributed by atoms with van der Waals surface area (Å²) in [4.78, 5) is 16.4. The van der Waals surface area contributed by atoms with Crippen LogP contribution in [0.15, 0.2) is 48.8 Å². The molecule has 0 radical (unpaired) electrons. The van der Waals surface area contributed by atoms with E-state index in [-0.39, 0.29) is 5.97 Å². The second-order valence-electron chi connectivity index (χ2n) is 5.77. The molecule has 1 aromatic carbocycles. The van der Waals surface area contributed by atoms with Crippen LogP contribution in [0.2, 0.25) is 0 Å². The number of esters is 1. The lowest BCUT2D eigenvalue weighted by Gasteiger charge is -2.26. The third-order valence-corrected chi connectivity index (χ3v) is 4.40. The van der Waals surface area contributed by atoms with Gasteiger partial charge in [0.05, 0.1) is 12.5 Å². The fourth-order valence-corrected chi connectivity index (χ4v) is 3.21. The number of methoxy groups -OCH3 is 1. The normalized spacial score (nSPS) is 20.8. The van der Waals surface area contributed by atoms with Crippen molar-refractivity contribution in [3.63, 3.8) is 0 Å². The Balaban J connectivity index is 1.97. The summed E-state index contributed by atoms with van der Waals surface area (Å²) in [5.41, 5.74) is 2.98. The van der Waals surface area contributed by atoms with Crippen LogP contribution < -0.4 is 5.32 Å². The Morgan fingerprint density at radius 3 is 2.73 bits per heavy atom. The molecule has 22 heavy (non-hydrogen) atoms. The van der Waals surface area contributed by atoms with Gasteiger partial charge in [0.1, 0.15) is 0 Å². The highest BCUT2D eigenvalue weighted by Gasteiger charge is 2.42. The van der Waals surface area contributed by atoms with E-state index in [1.54, 1.807) is 12.4 Å². The first-order chi connectivity index (χ1) is 10.7. The van der Waals surface area contributed by atoms with E-state index in [4.69, 9.17) is 4.74 Å². The summed E-state index contributed by atoms with van der Waals surface area (Å²) >= 11 is 0. The molecule has 3 rings (SSSR count). The van der Waals surface area contributed by atoms with Crippen molar-refractivity contribution in [2.45, 2.75) is 12.8 Å². The van der Waals surface area contributed by atoms with E-state index >= 15 is 0 Å². The number of benzene rings is 1. The molecule has 2 aromatic rings. The van der Waals surface area contributed by atoms with Crippen LogP contribution in [-0.2, 0) is 16.0 Å². The van der Waals surface area contributed by atoms with Crippen LogP contribution in [0.3, 0.4) is 0 Å². The second kappa shape index (κ2) is 6.28. The molecule has 0 amide bonds. The van der Waals surface area contributed by atoms with Crippen molar-refractivity contribution in [2.75, 3.05) is 20.2 Å². The zero-order chi connectivity index (χ0) is 15.4. The van der Waals surface area contributed by atoms with Crippen molar-refractivity contribution in [2.24, 2.45) is 5.41 Å². The van der Waals surface area contributed by atoms with Crippen molar-refractivity contribution in [1.82, 2.24) is 10.3 Å². The number of rotatable bonds is 4. The molecule has 1 atom stereocenters. The number of hydrogen-bond acceptors (Lipinski definition) is 4. The van der Waals surface area contributed by atoms with Gasteiger partial charge < -0.3 is 10.1 Å². The number of aromatic nitrogens is 1. The molecule has 4 heteroatoms. The van der Waals surface area contributed by atoms with Crippen LogP contribution in [0.1, 0.15) is 12.0 Å². The van der Waals surface area contributed by atoms with Crippen molar-refractivity contribution in [3.8, 4) is 11.1 Å². The van der Waals surface area contributed by atoms with Gasteiger partial charge >= 0.3 is 5.97 Å².